The van der Waals surface area contributed by atoms with E-state index >= 15 is 0 Å². The maximum absolute atomic E-state index is 5.91. The van der Waals surface area contributed by atoms with E-state index in [0.717, 1.165) is 33.0 Å². The first kappa shape index (κ1) is 11.6. The van der Waals surface area contributed by atoms with E-state index < -0.39 is 0 Å². The van der Waals surface area contributed by atoms with Crippen LogP contribution in [0.2, 0.25) is 0 Å². The van der Waals surface area contributed by atoms with Gasteiger partial charge in [-0.05, 0) is 29.8 Å². The number of thioether (sulfide) groups is 1. The minimum atomic E-state index is 0.835. The largest absolute Gasteiger partial charge is 0.468 e. The number of nitrogens with two attached hydrogens (primary N) is 1. The Balaban J connectivity index is 1.95. The molecule has 0 atom stereocenters. The molecule has 4 heteroatoms. The summed E-state index contributed by atoms with van der Waals surface area (Å²) in [5.74, 6) is 2.75. The van der Waals surface area contributed by atoms with E-state index in [9.17, 15) is 0 Å². The van der Waals surface area contributed by atoms with E-state index in [1.54, 1.807) is 18.0 Å². The van der Waals surface area contributed by atoms with Crippen LogP contribution < -0.4 is 5.73 Å². The summed E-state index contributed by atoms with van der Waals surface area (Å²) < 4.78 is 6.34. The molecular weight excluding hydrogens is 286 g/mol. The molecule has 1 aromatic carbocycles. The van der Waals surface area contributed by atoms with Crippen molar-refractivity contribution in [3.63, 3.8) is 0 Å². The van der Waals surface area contributed by atoms with E-state index in [0.29, 0.717) is 0 Å². The van der Waals surface area contributed by atoms with Gasteiger partial charge in [0, 0.05) is 15.9 Å². The highest BCUT2D eigenvalue weighted by Gasteiger charge is 2.04. The summed E-state index contributed by atoms with van der Waals surface area (Å²) in [5.41, 5.74) is 7.90. The molecule has 84 valence electrons. The SMILES string of the molecule is Nc1cccc(Br)c1CSCc1ccco1. The van der Waals surface area contributed by atoms with Gasteiger partial charge in [0.25, 0.3) is 0 Å². The molecule has 1 heterocycles. The molecule has 2 N–H and O–H groups in total. The third-order valence-electron chi connectivity index (χ3n) is 2.23. The monoisotopic (exact) mass is 297 g/mol. The normalized spacial score (nSPS) is 10.6. The van der Waals surface area contributed by atoms with Gasteiger partial charge in [-0.25, -0.2) is 0 Å². The Bertz CT molecular complexity index is 436. The van der Waals surface area contributed by atoms with Crippen LogP contribution in [0.1, 0.15) is 11.3 Å². The smallest absolute Gasteiger partial charge is 0.113 e. The quantitative estimate of drug-likeness (QED) is 0.865. The Morgan fingerprint density at radius 2 is 2.06 bits per heavy atom. The number of hydrogen-bond donors (Lipinski definition) is 1. The first-order valence-corrected chi connectivity index (χ1v) is 6.85. The number of hydrogen-bond acceptors (Lipinski definition) is 3. The second kappa shape index (κ2) is 5.46. The van der Waals surface area contributed by atoms with Crippen LogP contribution in [0.5, 0.6) is 0 Å². The van der Waals surface area contributed by atoms with Gasteiger partial charge in [-0.2, -0.15) is 0 Å². The first-order valence-electron chi connectivity index (χ1n) is 4.90. The topological polar surface area (TPSA) is 39.2 Å². The zero-order valence-corrected chi connectivity index (χ0v) is 11.1. The number of furan rings is 1. The standard InChI is InChI=1S/C12H12BrNOS/c13-11-4-1-5-12(14)10(11)8-16-7-9-3-2-6-15-9/h1-6H,7-8,14H2. The lowest BCUT2D eigenvalue weighted by atomic mass is 10.2. The number of rotatable bonds is 4. The lowest BCUT2D eigenvalue weighted by Crippen LogP contribution is -1.93. The summed E-state index contributed by atoms with van der Waals surface area (Å²) in [5, 5.41) is 0. The number of benzene rings is 1. The average molecular weight is 298 g/mol. The van der Waals surface area contributed by atoms with Crippen molar-refractivity contribution >= 4 is 33.4 Å². The van der Waals surface area contributed by atoms with Crippen LogP contribution in [0.25, 0.3) is 0 Å². The van der Waals surface area contributed by atoms with E-state index in [2.05, 4.69) is 15.9 Å². The Hall–Kier alpha value is -0.870. The van der Waals surface area contributed by atoms with Crippen LogP contribution in [0.3, 0.4) is 0 Å². The fourth-order valence-corrected chi connectivity index (χ4v) is 3.08. The van der Waals surface area contributed by atoms with Gasteiger partial charge >= 0.3 is 0 Å². The number of nitrogen functional groups attached to an aromatic ring is 1. The molecule has 0 aliphatic rings. The lowest BCUT2D eigenvalue weighted by molar-refractivity contribution is 0.530. The van der Waals surface area contributed by atoms with Crippen molar-refractivity contribution in [2.45, 2.75) is 11.5 Å². The highest BCUT2D eigenvalue weighted by molar-refractivity contribution is 9.10. The summed E-state index contributed by atoms with van der Waals surface area (Å²) in [6, 6.07) is 9.77. The molecule has 0 aliphatic heterocycles. The summed E-state index contributed by atoms with van der Waals surface area (Å²) in [6.45, 7) is 0. The zero-order chi connectivity index (χ0) is 11.4. The fourth-order valence-electron chi connectivity index (χ4n) is 1.38. The first-order chi connectivity index (χ1) is 7.77. The van der Waals surface area contributed by atoms with Gasteiger partial charge < -0.3 is 10.2 Å². The summed E-state index contributed by atoms with van der Waals surface area (Å²) >= 11 is 5.30. The number of anilines is 1. The van der Waals surface area contributed by atoms with Crippen molar-refractivity contribution in [2.75, 3.05) is 5.73 Å². The van der Waals surface area contributed by atoms with Gasteiger partial charge in [0.15, 0.2) is 0 Å². The third-order valence-corrected chi connectivity index (χ3v) is 3.95. The summed E-state index contributed by atoms with van der Waals surface area (Å²) in [7, 11) is 0. The van der Waals surface area contributed by atoms with Gasteiger partial charge in [-0.3, -0.25) is 0 Å². The molecule has 0 aliphatic carbocycles. The van der Waals surface area contributed by atoms with E-state index in [1.807, 2.05) is 30.3 Å². The zero-order valence-electron chi connectivity index (χ0n) is 8.65. The number of halogens is 1. The molecule has 0 bridgehead atoms. The second-order valence-electron chi connectivity index (χ2n) is 3.38. The van der Waals surface area contributed by atoms with Crippen molar-refractivity contribution in [1.29, 1.82) is 0 Å². The van der Waals surface area contributed by atoms with Crippen LogP contribution in [0.15, 0.2) is 45.5 Å². The highest BCUT2D eigenvalue weighted by Crippen LogP contribution is 2.28. The van der Waals surface area contributed by atoms with Crippen LogP contribution in [0.4, 0.5) is 5.69 Å². The molecule has 0 radical (unpaired) electrons. The van der Waals surface area contributed by atoms with Crippen molar-refractivity contribution in [3.05, 3.63) is 52.4 Å². The van der Waals surface area contributed by atoms with Gasteiger partial charge in [-0.15, -0.1) is 11.8 Å². The molecule has 1 aromatic heterocycles. The molecule has 2 rings (SSSR count). The molecule has 0 amide bonds. The Morgan fingerprint density at radius 1 is 1.19 bits per heavy atom. The van der Waals surface area contributed by atoms with Crippen molar-refractivity contribution in [3.8, 4) is 0 Å². The molecule has 0 fully saturated rings. The predicted molar refractivity (Wildman–Crippen MR) is 72.3 cm³/mol. The molecule has 16 heavy (non-hydrogen) atoms. The molecular formula is C12H12BrNOS. The summed E-state index contributed by atoms with van der Waals surface area (Å²) in [4.78, 5) is 0. The second-order valence-corrected chi connectivity index (χ2v) is 5.22. The van der Waals surface area contributed by atoms with Gasteiger partial charge in [0.2, 0.25) is 0 Å². The maximum atomic E-state index is 5.91. The van der Waals surface area contributed by atoms with E-state index in [-0.39, 0.29) is 0 Å². The third kappa shape index (κ3) is 2.83. The van der Waals surface area contributed by atoms with Crippen molar-refractivity contribution in [2.24, 2.45) is 0 Å². The highest BCUT2D eigenvalue weighted by atomic mass is 79.9. The van der Waals surface area contributed by atoms with Gasteiger partial charge in [-0.1, -0.05) is 22.0 Å². The minimum absolute atomic E-state index is 0.835. The molecule has 0 unspecified atom stereocenters. The Morgan fingerprint density at radius 3 is 2.75 bits per heavy atom. The van der Waals surface area contributed by atoms with Crippen LogP contribution in [-0.2, 0) is 11.5 Å². The van der Waals surface area contributed by atoms with Crippen molar-refractivity contribution < 1.29 is 4.42 Å². The average Bonchev–Trinajstić information content (AvgIpc) is 2.75. The van der Waals surface area contributed by atoms with Crippen molar-refractivity contribution in [1.82, 2.24) is 0 Å². The Kier molecular flexibility index (Phi) is 3.96. The Labute approximate surface area is 107 Å². The molecule has 2 aromatic rings. The lowest BCUT2D eigenvalue weighted by Gasteiger charge is -2.07. The minimum Gasteiger partial charge on any atom is -0.468 e. The summed E-state index contributed by atoms with van der Waals surface area (Å²) in [6.07, 6.45) is 1.70. The molecule has 2 nitrogen and oxygen atoms in total. The van der Waals surface area contributed by atoms with E-state index in [4.69, 9.17) is 10.2 Å². The van der Waals surface area contributed by atoms with E-state index in [1.165, 1.54) is 0 Å². The molecule has 0 saturated carbocycles. The van der Waals surface area contributed by atoms with Gasteiger partial charge in [0.1, 0.15) is 5.76 Å². The maximum Gasteiger partial charge on any atom is 0.113 e. The van der Waals surface area contributed by atoms with Crippen LogP contribution in [0, 0.1) is 0 Å². The molecule has 0 saturated heterocycles. The van der Waals surface area contributed by atoms with Crippen LogP contribution >= 0.6 is 27.7 Å². The predicted octanol–water partition coefficient (Wildman–Crippen LogP) is 4.06. The fraction of sp³-hybridized carbons (Fsp3) is 0.167. The van der Waals surface area contributed by atoms with Crippen LogP contribution in [-0.4, -0.2) is 0 Å². The molecule has 0 spiro atoms. The van der Waals surface area contributed by atoms with Gasteiger partial charge in [0.05, 0.1) is 12.0 Å².